The van der Waals surface area contributed by atoms with Crippen LogP contribution < -0.4 is 10.2 Å². The molecule has 0 unspecified atom stereocenters. The minimum atomic E-state index is -0.0677. The number of para-hydroxylation sites is 1. The van der Waals surface area contributed by atoms with Crippen LogP contribution in [0, 0.1) is 0 Å². The van der Waals surface area contributed by atoms with Gasteiger partial charge < -0.3 is 4.74 Å². The molecule has 3 heterocycles. The van der Waals surface area contributed by atoms with Gasteiger partial charge in [0.25, 0.3) is 0 Å². The maximum absolute atomic E-state index is 5.97. The Morgan fingerprint density at radius 3 is 2.79 bits per heavy atom. The van der Waals surface area contributed by atoms with Crippen molar-refractivity contribution in [2.75, 3.05) is 5.43 Å². The Morgan fingerprint density at radius 1 is 1.07 bits per heavy atom. The number of hydrogen-bond donors (Lipinski definition) is 1. The molecule has 4 aromatic rings. The summed E-state index contributed by atoms with van der Waals surface area (Å²) in [5.74, 6) is 1.59. The van der Waals surface area contributed by atoms with Crippen LogP contribution in [-0.2, 0) is 0 Å². The van der Waals surface area contributed by atoms with E-state index in [-0.39, 0.29) is 6.10 Å². The first-order chi connectivity index (χ1) is 14.3. The molecule has 5 rings (SSSR count). The zero-order chi connectivity index (χ0) is 19.6. The second kappa shape index (κ2) is 7.48. The number of anilines is 1. The molecular weight excluding hydrogens is 380 g/mol. The summed E-state index contributed by atoms with van der Waals surface area (Å²) in [5.41, 5.74) is 7.39. The molecule has 0 aliphatic carbocycles. The molecule has 0 radical (unpaired) electrons. The second-order valence-electron chi connectivity index (χ2n) is 6.73. The van der Waals surface area contributed by atoms with Crippen LogP contribution in [0.3, 0.4) is 0 Å². The first-order valence-electron chi connectivity index (χ1n) is 9.33. The van der Waals surface area contributed by atoms with Gasteiger partial charge in [0.15, 0.2) is 5.82 Å². The molecule has 2 aromatic carbocycles. The van der Waals surface area contributed by atoms with Gasteiger partial charge in [-0.2, -0.15) is 5.10 Å². The first kappa shape index (κ1) is 17.6. The van der Waals surface area contributed by atoms with Crippen LogP contribution in [0.4, 0.5) is 5.82 Å². The molecule has 1 N–H and O–H groups in total. The maximum atomic E-state index is 5.97. The van der Waals surface area contributed by atoms with E-state index >= 15 is 0 Å². The highest BCUT2D eigenvalue weighted by molar-refractivity contribution is 7.17. The molecular formula is C23H18N4OS. The third-order valence-corrected chi connectivity index (χ3v) is 5.74. The van der Waals surface area contributed by atoms with Crippen LogP contribution in [0.25, 0.3) is 27.4 Å². The number of rotatable bonds is 4. The minimum absolute atomic E-state index is 0.0677. The molecule has 0 spiro atoms. The highest BCUT2D eigenvalue weighted by atomic mass is 32.1. The zero-order valence-corrected chi connectivity index (χ0v) is 16.6. The molecule has 5 nitrogen and oxygen atoms in total. The zero-order valence-electron chi connectivity index (χ0n) is 15.7. The summed E-state index contributed by atoms with van der Waals surface area (Å²) in [6.07, 6.45) is 5.39. The number of nitrogens with one attached hydrogen (secondary N) is 1. The Bertz CT molecular complexity index is 1230. The molecule has 1 aliphatic heterocycles. The summed E-state index contributed by atoms with van der Waals surface area (Å²) in [5, 5.41) is 7.54. The Morgan fingerprint density at radius 2 is 1.90 bits per heavy atom. The summed E-state index contributed by atoms with van der Waals surface area (Å²) < 4.78 is 5.97. The number of ether oxygens (including phenoxy) is 1. The van der Waals surface area contributed by atoms with Crippen LogP contribution in [0.2, 0.25) is 0 Å². The van der Waals surface area contributed by atoms with Gasteiger partial charge in [-0.15, -0.1) is 11.3 Å². The van der Waals surface area contributed by atoms with Gasteiger partial charge in [-0.25, -0.2) is 9.97 Å². The average Bonchev–Trinajstić information content (AvgIpc) is 3.20. The Hall–Kier alpha value is -3.51. The fourth-order valence-corrected chi connectivity index (χ4v) is 4.28. The fraction of sp³-hybridized carbons (Fsp3) is 0.0870. The molecule has 0 amide bonds. The number of thiophene rings is 1. The lowest BCUT2D eigenvalue weighted by molar-refractivity contribution is 0.260. The lowest BCUT2D eigenvalue weighted by Crippen LogP contribution is -2.19. The number of aromatic nitrogens is 2. The maximum Gasteiger partial charge on any atom is 0.159 e. The summed E-state index contributed by atoms with van der Waals surface area (Å²) in [6, 6.07) is 18.2. The fourth-order valence-electron chi connectivity index (χ4n) is 3.36. The number of benzene rings is 2. The highest BCUT2D eigenvalue weighted by Gasteiger charge is 2.17. The molecule has 6 heteroatoms. The number of fused-ring (bicyclic) bond motifs is 2. The first-order valence-corrected chi connectivity index (χ1v) is 10.2. The summed E-state index contributed by atoms with van der Waals surface area (Å²) in [6.45, 7) is 2.02. The van der Waals surface area contributed by atoms with Gasteiger partial charge in [-0.1, -0.05) is 48.5 Å². The van der Waals surface area contributed by atoms with Crippen molar-refractivity contribution in [1.82, 2.24) is 9.97 Å². The van der Waals surface area contributed by atoms with Gasteiger partial charge in [0, 0.05) is 22.1 Å². The van der Waals surface area contributed by atoms with Crippen LogP contribution in [-0.4, -0.2) is 22.3 Å². The minimum Gasteiger partial charge on any atom is -0.485 e. The van der Waals surface area contributed by atoms with E-state index in [0.29, 0.717) is 5.82 Å². The Kier molecular flexibility index (Phi) is 4.54. The van der Waals surface area contributed by atoms with E-state index < -0.39 is 0 Å². The molecule has 29 heavy (non-hydrogen) atoms. The number of hydrazone groups is 1. The molecule has 0 saturated heterocycles. The summed E-state index contributed by atoms with van der Waals surface area (Å²) in [7, 11) is 0. The molecule has 2 aromatic heterocycles. The molecule has 0 saturated carbocycles. The van der Waals surface area contributed by atoms with Crippen molar-refractivity contribution in [3.8, 4) is 16.9 Å². The number of nitrogens with zero attached hydrogens (tertiary/aromatic N) is 3. The molecule has 142 valence electrons. The van der Waals surface area contributed by atoms with Gasteiger partial charge in [-0.05, 0) is 24.6 Å². The predicted octanol–water partition coefficient (Wildman–Crippen LogP) is 5.62. The SMILES string of the molecule is C[C@@H]1Oc2ccccc2C=C1/C=N\Nc1ncnc2scc(-c3ccccc3)c12. The van der Waals surface area contributed by atoms with Crippen LogP contribution in [0.15, 0.2) is 77.0 Å². The quantitative estimate of drug-likeness (QED) is 0.358. The van der Waals surface area contributed by atoms with E-state index in [1.165, 1.54) is 0 Å². The summed E-state index contributed by atoms with van der Waals surface area (Å²) in [4.78, 5) is 9.76. The smallest absolute Gasteiger partial charge is 0.159 e. The Balaban J connectivity index is 1.46. The van der Waals surface area contributed by atoms with E-state index in [1.54, 1.807) is 23.9 Å². The third-order valence-electron chi connectivity index (χ3n) is 4.85. The van der Waals surface area contributed by atoms with E-state index in [1.807, 2.05) is 49.4 Å². The van der Waals surface area contributed by atoms with Crippen molar-refractivity contribution in [2.24, 2.45) is 5.10 Å². The van der Waals surface area contributed by atoms with Gasteiger partial charge in [0.05, 0.1) is 11.6 Å². The lowest BCUT2D eigenvalue weighted by Gasteiger charge is -2.22. The van der Waals surface area contributed by atoms with Crippen LogP contribution in [0.1, 0.15) is 12.5 Å². The van der Waals surface area contributed by atoms with E-state index in [2.05, 4.69) is 44.1 Å². The van der Waals surface area contributed by atoms with E-state index in [9.17, 15) is 0 Å². The third kappa shape index (κ3) is 3.39. The number of hydrogen-bond acceptors (Lipinski definition) is 6. The van der Waals surface area contributed by atoms with Gasteiger partial charge >= 0.3 is 0 Å². The van der Waals surface area contributed by atoms with Crippen molar-refractivity contribution in [1.29, 1.82) is 0 Å². The van der Waals surface area contributed by atoms with Crippen molar-refractivity contribution in [2.45, 2.75) is 13.0 Å². The van der Waals surface area contributed by atoms with Crippen LogP contribution in [0.5, 0.6) is 5.75 Å². The van der Waals surface area contributed by atoms with Crippen molar-refractivity contribution >= 4 is 39.7 Å². The predicted molar refractivity (Wildman–Crippen MR) is 119 cm³/mol. The van der Waals surface area contributed by atoms with Gasteiger partial charge in [-0.3, -0.25) is 5.43 Å². The largest absolute Gasteiger partial charge is 0.485 e. The second-order valence-corrected chi connectivity index (χ2v) is 7.59. The molecule has 1 aliphatic rings. The average molecular weight is 398 g/mol. The van der Waals surface area contributed by atoms with Gasteiger partial charge in [0.1, 0.15) is 23.0 Å². The van der Waals surface area contributed by atoms with Crippen LogP contribution >= 0.6 is 11.3 Å². The molecule has 1 atom stereocenters. The van der Waals surface area contributed by atoms with Gasteiger partial charge in [0.2, 0.25) is 0 Å². The highest BCUT2D eigenvalue weighted by Crippen LogP contribution is 2.36. The van der Waals surface area contributed by atoms with Crippen molar-refractivity contribution < 1.29 is 4.74 Å². The normalized spacial score (nSPS) is 15.8. The molecule has 0 bridgehead atoms. The Labute approximate surface area is 172 Å². The monoisotopic (exact) mass is 398 g/mol. The lowest BCUT2D eigenvalue weighted by atomic mass is 10.0. The topological polar surface area (TPSA) is 59.4 Å². The standard InChI is InChI=1S/C23H18N4OS/c1-15-18(11-17-9-5-6-10-20(17)28-15)12-26-27-22-21-19(16-7-3-2-4-8-16)13-29-23(21)25-14-24-22/h2-15H,1H3,(H,24,25,27)/b26-12-/t15-/m0/s1. The van der Waals surface area contributed by atoms with Crippen molar-refractivity contribution in [3.63, 3.8) is 0 Å². The van der Waals surface area contributed by atoms with Crippen molar-refractivity contribution in [3.05, 3.63) is 77.4 Å². The summed E-state index contributed by atoms with van der Waals surface area (Å²) >= 11 is 1.60. The van der Waals surface area contributed by atoms with E-state index in [0.717, 1.165) is 38.2 Å². The molecule has 0 fully saturated rings. The van der Waals surface area contributed by atoms with E-state index in [4.69, 9.17) is 4.74 Å².